The van der Waals surface area contributed by atoms with Gasteiger partial charge >= 0.3 is 0 Å². The number of nitrogens with two attached hydrogens (primary N) is 1. The molecule has 3 aromatic carbocycles. The van der Waals surface area contributed by atoms with Gasteiger partial charge in [-0.15, -0.1) is 10.2 Å². The highest BCUT2D eigenvalue weighted by atomic mass is 16.1. The van der Waals surface area contributed by atoms with Crippen molar-refractivity contribution in [3.63, 3.8) is 0 Å². The van der Waals surface area contributed by atoms with E-state index in [2.05, 4.69) is 15.2 Å². The lowest BCUT2D eigenvalue weighted by molar-refractivity contribution is -0.117. The number of amides is 1. The van der Waals surface area contributed by atoms with Crippen molar-refractivity contribution < 1.29 is 4.79 Å². The lowest BCUT2D eigenvalue weighted by Crippen LogP contribution is -1.98. The van der Waals surface area contributed by atoms with E-state index >= 15 is 0 Å². The summed E-state index contributed by atoms with van der Waals surface area (Å²) < 4.78 is 0. The van der Waals surface area contributed by atoms with Gasteiger partial charge in [0.1, 0.15) is 5.82 Å². The normalized spacial score (nSPS) is 11.5. The monoisotopic (exact) mass is 328 g/mol. The maximum Gasteiger partial charge on any atom is 0.269 e. The van der Waals surface area contributed by atoms with Crippen LogP contribution in [0.2, 0.25) is 0 Å². The Kier molecular flexibility index (Phi) is 3.74. The van der Waals surface area contributed by atoms with E-state index in [1.54, 1.807) is 0 Å². The van der Waals surface area contributed by atoms with Crippen LogP contribution in [-0.2, 0) is 11.2 Å². The summed E-state index contributed by atoms with van der Waals surface area (Å²) in [5, 5.41) is 11.8. The van der Waals surface area contributed by atoms with Crippen molar-refractivity contribution in [3.05, 3.63) is 72.3 Å². The maximum atomic E-state index is 12.3. The summed E-state index contributed by atoms with van der Waals surface area (Å²) in [5.41, 5.74) is 6.87. The first-order valence-corrected chi connectivity index (χ1v) is 8.00. The predicted octanol–water partition coefficient (Wildman–Crippen LogP) is 4.76. The third-order valence-corrected chi connectivity index (χ3v) is 4.21. The SMILES string of the molecule is Nc1[nH]c(N=NC(=O)Cc2cccc3ccccc23)c2ccccc12. The first-order valence-electron chi connectivity index (χ1n) is 8.00. The molecule has 3 N–H and O–H groups in total. The largest absolute Gasteiger partial charge is 0.385 e. The number of azo groups is 1. The second-order valence-electron chi connectivity index (χ2n) is 5.84. The molecule has 5 heteroatoms. The van der Waals surface area contributed by atoms with Crippen LogP contribution in [0.3, 0.4) is 0 Å². The number of carbonyl (C=O) groups is 1. The fourth-order valence-corrected chi connectivity index (χ4v) is 3.02. The highest BCUT2D eigenvalue weighted by Crippen LogP contribution is 2.30. The summed E-state index contributed by atoms with van der Waals surface area (Å²) in [7, 11) is 0. The summed E-state index contributed by atoms with van der Waals surface area (Å²) in [6.07, 6.45) is 0.207. The number of benzene rings is 3. The molecule has 0 aliphatic carbocycles. The highest BCUT2D eigenvalue weighted by Gasteiger charge is 2.09. The van der Waals surface area contributed by atoms with Crippen LogP contribution in [0.15, 0.2) is 77.0 Å². The number of hydrogen-bond donors (Lipinski definition) is 2. The number of fused-ring (bicyclic) bond motifs is 2. The quantitative estimate of drug-likeness (QED) is 0.532. The van der Waals surface area contributed by atoms with E-state index < -0.39 is 0 Å². The van der Waals surface area contributed by atoms with Crippen LogP contribution in [0.4, 0.5) is 11.6 Å². The number of nitrogens with one attached hydrogen (secondary N) is 1. The molecule has 4 rings (SSSR count). The third kappa shape index (κ3) is 2.87. The number of anilines is 1. The Morgan fingerprint density at radius 2 is 1.56 bits per heavy atom. The van der Waals surface area contributed by atoms with Gasteiger partial charge in [-0.3, -0.25) is 4.79 Å². The van der Waals surface area contributed by atoms with E-state index in [9.17, 15) is 4.79 Å². The fraction of sp³-hybridized carbons (Fsp3) is 0.0500. The fourth-order valence-electron chi connectivity index (χ4n) is 3.02. The molecule has 0 saturated carbocycles. The van der Waals surface area contributed by atoms with Crippen LogP contribution in [0.1, 0.15) is 5.56 Å². The van der Waals surface area contributed by atoms with Crippen molar-refractivity contribution in [3.8, 4) is 0 Å². The Balaban J connectivity index is 1.60. The van der Waals surface area contributed by atoms with E-state index in [0.717, 1.165) is 27.1 Å². The average molecular weight is 328 g/mol. The Morgan fingerprint density at radius 1 is 0.880 bits per heavy atom. The van der Waals surface area contributed by atoms with Crippen molar-refractivity contribution in [2.45, 2.75) is 6.42 Å². The summed E-state index contributed by atoms with van der Waals surface area (Å²) in [5.74, 6) is 0.721. The molecule has 0 aliphatic heterocycles. The van der Waals surface area contributed by atoms with Crippen LogP contribution in [0, 0.1) is 0 Å². The van der Waals surface area contributed by atoms with Gasteiger partial charge < -0.3 is 10.7 Å². The van der Waals surface area contributed by atoms with E-state index in [-0.39, 0.29) is 12.3 Å². The van der Waals surface area contributed by atoms with Gasteiger partial charge in [-0.25, -0.2) is 0 Å². The minimum absolute atomic E-state index is 0.207. The molecule has 5 nitrogen and oxygen atoms in total. The Morgan fingerprint density at radius 3 is 2.40 bits per heavy atom. The third-order valence-electron chi connectivity index (χ3n) is 4.21. The topological polar surface area (TPSA) is 83.6 Å². The van der Waals surface area contributed by atoms with Crippen LogP contribution in [0.25, 0.3) is 21.5 Å². The van der Waals surface area contributed by atoms with Crippen LogP contribution >= 0.6 is 0 Å². The van der Waals surface area contributed by atoms with E-state index in [4.69, 9.17) is 5.73 Å². The number of rotatable bonds is 3. The molecular weight excluding hydrogens is 312 g/mol. The van der Waals surface area contributed by atoms with E-state index in [1.807, 2.05) is 66.7 Å². The van der Waals surface area contributed by atoms with E-state index in [0.29, 0.717) is 11.6 Å². The summed E-state index contributed by atoms with van der Waals surface area (Å²) in [4.78, 5) is 15.2. The first kappa shape index (κ1) is 15.1. The average Bonchev–Trinajstić information content (AvgIpc) is 2.97. The molecule has 0 fully saturated rings. The molecule has 0 unspecified atom stereocenters. The molecular formula is C20H16N4O. The van der Waals surface area contributed by atoms with Gasteiger partial charge in [0.25, 0.3) is 5.91 Å². The zero-order valence-electron chi connectivity index (χ0n) is 13.4. The highest BCUT2D eigenvalue weighted by molar-refractivity contribution is 5.99. The molecule has 25 heavy (non-hydrogen) atoms. The number of aromatic amines is 1. The Labute approximate surface area is 144 Å². The smallest absolute Gasteiger partial charge is 0.269 e. The minimum atomic E-state index is -0.298. The molecule has 0 saturated heterocycles. The molecule has 0 spiro atoms. The summed E-state index contributed by atoms with van der Waals surface area (Å²) in [6.45, 7) is 0. The number of aromatic nitrogens is 1. The molecule has 0 aliphatic rings. The lowest BCUT2D eigenvalue weighted by Gasteiger charge is -2.03. The van der Waals surface area contributed by atoms with Gasteiger partial charge in [-0.2, -0.15) is 0 Å². The summed E-state index contributed by atoms with van der Waals surface area (Å²) >= 11 is 0. The van der Waals surface area contributed by atoms with Gasteiger partial charge in [-0.05, 0) is 16.3 Å². The lowest BCUT2D eigenvalue weighted by atomic mass is 10.0. The van der Waals surface area contributed by atoms with E-state index in [1.165, 1.54) is 0 Å². The standard InChI is InChI=1S/C20H16N4O/c21-19-16-10-3-4-11-17(16)20(22-19)24-23-18(25)12-14-8-5-7-13-6-1-2-9-15(13)14/h1-11,22H,12,21H2. The number of nitrogens with zero attached hydrogens (tertiary/aromatic N) is 2. The van der Waals surface area contributed by atoms with Gasteiger partial charge in [0.05, 0.1) is 6.42 Å². The second-order valence-corrected chi connectivity index (χ2v) is 5.84. The Bertz CT molecular complexity index is 1110. The van der Waals surface area contributed by atoms with Crippen LogP contribution < -0.4 is 5.73 Å². The summed E-state index contributed by atoms with van der Waals surface area (Å²) in [6, 6.07) is 21.5. The van der Waals surface area contributed by atoms with Crippen molar-refractivity contribution in [2.75, 3.05) is 5.73 Å². The molecule has 0 bridgehead atoms. The van der Waals surface area contributed by atoms with Gasteiger partial charge in [0.15, 0.2) is 5.82 Å². The van der Waals surface area contributed by atoms with Gasteiger partial charge in [-0.1, -0.05) is 66.7 Å². The minimum Gasteiger partial charge on any atom is -0.385 e. The van der Waals surface area contributed by atoms with Crippen molar-refractivity contribution in [1.82, 2.24) is 4.98 Å². The zero-order valence-corrected chi connectivity index (χ0v) is 13.4. The van der Waals surface area contributed by atoms with Crippen molar-refractivity contribution in [2.24, 2.45) is 10.2 Å². The number of hydrogen-bond acceptors (Lipinski definition) is 3. The predicted molar refractivity (Wildman–Crippen MR) is 99.9 cm³/mol. The van der Waals surface area contributed by atoms with Crippen molar-refractivity contribution >= 4 is 39.1 Å². The Hall–Kier alpha value is -3.47. The number of nitrogen functional groups attached to an aromatic ring is 1. The zero-order chi connectivity index (χ0) is 17.2. The number of H-pyrrole nitrogens is 1. The number of carbonyl (C=O) groups excluding carboxylic acids is 1. The molecule has 1 amide bonds. The molecule has 1 aromatic heterocycles. The second kappa shape index (κ2) is 6.20. The first-order chi connectivity index (χ1) is 12.2. The van der Waals surface area contributed by atoms with Crippen molar-refractivity contribution in [1.29, 1.82) is 0 Å². The molecule has 0 atom stereocenters. The van der Waals surface area contributed by atoms with Crippen LogP contribution in [0.5, 0.6) is 0 Å². The maximum absolute atomic E-state index is 12.3. The molecule has 0 radical (unpaired) electrons. The molecule has 4 aromatic rings. The molecule has 1 heterocycles. The molecule has 122 valence electrons. The van der Waals surface area contributed by atoms with Gasteiger partial charge in [0, 0.05) is 10.8 Å². The van der Waals surface area contributed by atoms with Crippen LogP contribution in [-0.4, -0.2) is 10.9 Å². The van der Waals surface area contributed by atoms with Gasteiger partial charge in [0.2, 0.25) is 0 Å².